The molecule has 2 atom stereocenters. The summed E-state index contributed by atoms with van der Waals surface area (Å²) in [5.74, 6) is -1.62. The van der Waals surface area contributed by atoms with E-state index in [2.05, 4.69) is 10.6 Å². The van der Waals surface area contributed by atoms with E-state index in [1.54, 1.807) is 39.0 Å². The molecule has 0 radical (unpaired) electrons. The maximum atomic E-state index is 13.7. The number of carbonyl (C=O) groups excluding carboxylic acids is 4. The Kier molecular flexibility index (Phi) is 9.29. The first-order valence-electron chi connectivity index (χ1n) is 12.7. The molecule has 3 aromatic rings. The van der Waals surface area contributed by atoms with Gasteiger partial charge in [-0.05, 0) is 62.6 Å². The lowest BCUT2D eigenvalue weighted by Crippen LogP contribution is -2.51. The van der Waals surface area contributed by atoms with Gasteiger partial charge in [0.15, 0.2) is 0 Å². The number of hydrogen-bond donors (Lipinski definition) is 3. The Labute approximate surface area is 228 Å². The summed E-state index contributed by atoms with van der Waals surface area (Å²) < 4.78 is 5.31. The summed E-state index contributed by atoms with van der Waals surface area (Å²) in [6.45, 7) is 7.02. The number of anilines is 1. The van der Waals surface area contributed by atoms with Crippen LogP contribution in [0.1, 0.15) is 50.8 Å². The molecule has 9 heteroatoms. The summed E-state index contributed by atoms with van der Waals surface area (Å²) in [6.07, 6.45) is -1.00. The van der Waals surface area contributed by atoms with Crippen molar-refractivity contribution < 1.29 is 23.9 Å². The number of nitrogens with zero attached hydrogens (tertiary/aromatic N) is 1. The van der Waals surface area contributed by atoms with Gasteiger partial charge in [0.25, 0.3) is 5.91 Å². The van der Waals surface area contributed by atoms with E-state index in [4.69, 9.17) is 10.5 Å². The highest BCUT2D eigenvalue weighted by molar-refractivity contribution is 6.00. The maximum Gasteiger partial charge on any atom is 0.408 e. The second-order valence-electron chi connectivity index (χ2n) is 10.5. The number of aryl methyl sites for hydroxylation is 1. The molecule has 206 valence electrons. The number of ether oxygens (including phenoxy) is 1. The number of rotatable bonds is 9. The zero-order valence-corrected chi connectivity index (χ0v) is 23.0. The zero-order chi connectivity index (χ0) is 28.7. The van der Waals surface area contributed by atoms with Crippen LogP contribution in [0.15, 0.2) is 66.7 Å². The normalized spacial score (nSPS) is 12.7. The third-order valence-electron chi connectivity index (χ3n) is 6.06. The minimum Gasteiger partial charge on any atom is -0.444 e. The Morgan fingerprint density at radius 2 is 1.59 bits per heavy atom. The zero-order valence-electron chi connectivity index (χ0n) is 23.0. The van der Waals surface area contributed by atoms with Crippen LogP contribution in [-0.4, -0.2) is 47.4 Å². The Morgan fingerprint density at radius 1 is 0.949 bits per heavy atom. The Hall–Kier alpha value is -4.40. The molecule has 9 nitrogen and oxygen atoms in total. The van der Waals surface area contributed by atoms with Gasteiger partial charge in [-0.1, -0.05) is 60.2 Å². The molecule has 0 saturated heterocycles. The van der Waals surface area contributed by atoms with Crippen molar-refractivity contribution in [3.05, 3.63) is 77.9 Å². The van der Waals surface area contributed by atoms with Crippen LogP contribution < -0.4 is 16.4 Å². The Bertz CT molecular complexity index is 1350. The first-order valence-corrected chi connectivity index (χ1v) is 12.7. The third-order valence-corrected chi connectivity index (χ3v) is 6.06. The van der Waals surface area contributed by atoms with Gasteiger partial charge in [0.2, 0.25) is 11.8 Å². The van der Waals surface area contributed by atoms with Crippen molar-refractivity contribution in [1.82, 2.24) is 10.2 Å². The molecular formula is C30H36N4O5. The van der Waals surface area contributed by atoms with Crippen LogP contribution in [0.25, 0.3) is 10.8 Å². The molecule has 0 aromatic heterocycles. The van der Waals surface area contributed by atoms with Crippen molar-refractivity contribution in [3.63, 3.8) is 0 Å². The number of fused-ring (bicyclic) bond motifs is 1. The fourth-order valence-electron chi connectivity index (χ4n) is 4.14. The standard InChI is InChI=1S/C30H36N4O5/c1-19-10-12-21(13-11-19)26(27(36)32-23-15-14-20-8-6-7-9-22(20)18-23)34(5)28(37)24(16-17-25(31)35)33-29(38)39-30(2,3)4/h6-15,18,24,26H,16-17H2,1-5H3,(H2,31,35)(H,32,36)(H,33,38). The van der Waals surface area contributed by atoms with E-state index in [0.29, 0.717) is 11.3 Å². The van der Waals surface area contributed by atoms with Crippen molar-refractivity contribution >= 4 is 40.3 Å². The lowest BCUT2D eigenvalue weighted by molar-refractivity contribution is -0.139. The van der Waals surface area contributed by atoms with E-state index in [0.717, 1.165) is 16.3 Å². The molecular weight excluding hydrogens is 496 g/mol. The van der Waals surface area contributed by atoms with E-state index in [1.807, 2.05) is 55.5 Å². The van der Waals surface area contributed by atoms with Gasteiger partial charge in [0.05, 0.1) is 0 Å². The number of primary amides is 1. The number of likely N-dealkylation sites (N-methyl/N-ethyl adjacent to an activating group) is 1. The molecule has 0 aliphatic heterocycles. The van der Waals surface area contributed by atoms with Crippen molar-refractivity contribution in [2.75, 3.05) is 12.4 Å². The van der Waals surface area contributed by atoms with Crippen LogP contribution in [0.2, 0.25) is 0 Å². The van der Waals surface area contributed by atoms with Crippen LogP contribution in [0.4, 0.5) is 10.5 Å². The Morgan fingerprint density at radius 3 is 2.21 bits per heavy atom. The molecule has 0 heterocycles. The van der Waals surface area contributed by atoms with Gasteiger partial charge in [-0.3, -0.25) is 14.4 Å². The molecule has 2 unspecified atom stereocenters. The van der Waals surface area contributed by atoms with Crippen LogP contribution in [0.5, 0.6) is 0 Å². The third kappa shape index (κ3) is 8.29. The van der Waals surface area contributed by atoms with E-state index < -0.39 is 41.5 Å². The van der Waals surface area contributed by atoms with Crippen molar-refractivity contribution in [3.8, 4) is 0 Å². The van der Waals surface area contributed by atoms with Gasteiger partial charge in [-0.2, -0.15) is 0 Å². The number of carbonyl (C=O) groups is 4. The summed E-state index contributed by atoms with van der Waals surface area (Å²) in [5.41, 5.74) is 6.68. The SMILES string of the molecule is Cc1ccc(C(C(=O)Nc2ccc3ccccc3c2)N(C)C(=O)C(CCC(N)=O)NC(=O)OC(C)(C)C)cc1. The van der Waals surface area contributed by atoms with Crippen LogP contribution >= 0.6 is 0 Å². The minimum absolute atomic E-state index is 0.0509. The van der Waals surface area contributed by atoms with Gasteiger partial charge >= 0.3 is 6.09 Å². The average Bonchev–Trinajstić information content (AvgIpc) is 2.86. The van der Waals surface area contributed by atoms with Crippen LogP contribution in [0, 0.1) is 6.92 Å². The molecule has 0 aliphatic rings. The predicted molar refractivity (Wildman–Crippen MR) is 151 cm³/mol. The second kappa shape index (κ2) is 12.4. The van der Waals surface area contributed by atoms with E-state index in [9.17, 15) is 19.2 Å². The predicted octanol–water partition coefficient (Wildman–Crippen LogP) is 4.45. The van der Waals surface area contributed by atoms with E-state index in [1.165, 1.54) is 11.9 Å². The molecule has 39 heavy (non-hydrogen) atoms. The van der Waals surface area contributed by atoms with Crippen LogP contribution in [0.3, 0.4) is 0 Å². The monoisotopic (exact) mass is 532 g/mol. The highest BCUT2D eigenvalue weighted by Gasteiger charge is 2.34. The lowest BCUT2D eigenvalue weighted by atomic mass is 10.0. The van der Waals surface area contributed by atoms with E-state index in [-0.39, 0.29) is 12.8 Å². The largest absolute Gasteiger partial charge is 0.444 e. The smallest absolute Gasteiger partial charge is 0.408 e. The topological polar surface area (TPSA) is 131 Å². The molecule has 3 aromatic carbocycles. The van der Waals surface area contributed by atoms with Gasteiger partial charge in [0.1, 0.15) is 17.7 Å². The molecule has 4 N–H and O–H groups in total. The first kappa shape index (κ1) is 29.2. The van der Waals surface area contributed by atoms with Gasteiger partial charge in [0, 0.05) is 19.2 Å². The Balaban J connectivity index is 1.91. The van der Waals surface area contributed by atoms with E-state index >= 15 is 0 Å². The number of nitrogens with one attached hydrogen (secondary N) is 2. The minimum atomic E-state index is -1.14. The quantitative estimate of drug-likeness (QED) is 0.375. The fraction of sp³-hybridized carbons (Fsp3) is 0.333. The number of hydrogen-bond acceptors (Lipinski definition) is 5. The molecule has 0 bridgehead atoms. The second-order valence-corrected chi connectivity index (χ2v) is 10.5. The molecule has 0 aliphatic carbocycles. The van der Waals surface area contributed by atoms with Crippen LogP contribution in [-0.2, 0) is 19.1 Å². The molecule has 0 spiro atoms. The number of amides is 4. The van der Waals surface area contributed by atoms with Crippen molar-refractivity contribution in [1.29, 1.82) is 0 Å². The average molecular weight is 533 g/mol. The van der Waals surface area contributed by atoms with Gasteiger partial charge < -0.3 is 26.0 Å². The number of alkyl carbamates (subject to hydrolysis) is 1. The number of benzene rings is 3. The summed E-state index contributed by atoms with van der Waals surface area (Å²) in [4.78, 5) is 52.6. The highest BCUT2D eigenvalue weighted by atomic mass is 16.6. The fourth-order valence-corrected chi connectivity index (χ4v) is 4.14. The summed E-state index contributed by atoms with van der Waals surface area (Å²) in [7, 11) is 1.49. The summed E-state index contributed by atoms with van der Waals surface area (Å²) in [6, 6.07) is 18.5. The van der Waals surface area contributed by atoms with Crippen molar-refractivity contribution in [2.45, 2.75) is 58.2 Å². The molecule has 0 fully saturated rings. The van der Waals surface area contributed by atoms with Gasteiger partial charge in [-0.25, -0.2) is 4.79 Å². The number of nitrogens with two attached hydrogens (primary N) is 1. The lowest BCUT2D eigenvalue weighted by Gasteiger charge is -2.31. The van der Waals surface area contributed by atoms with Crippen molar-refractivity contribution in [2.24, 2.45) is 5.73 Å². The summed E-state index contributed by atoms with van der Waals surface area (Å²) in [5, 5.41) is 7.46. The molecule has 0 saturated carbocycles. The first-order chi connectivity index (χ1) is 18.3. The highest BCUT2D eigenvalue weighted by Crippen LogP contribution is 2.25. The van der Waals surface area contributed by atoms with Gasteiger partial charge in [-0.15, -0.1) is 0 Å². The molecule has 4 amide bonds. The molecule has 3 rings (SSSR count). The summed E-state index contributed by atoms with van der Waals surface area (Å²) >= 11 is 0. The maximum absolute atomic E-state index is 13.7.